The molecule has 2 aliphatic rings. The number of amides is 3. The second-order valence-electron chi connectivity index (χ2n) is 6.39. The molecular weight excluding hydrogens is 312 g/mol. The molecule has 0 aromatic heterocycles. The zero-order chi connectivity index (χ0) is 17.5. The van der Waals surface area contributed by atoms with Crippen molar-refractivity contribution in [1.82, 2.24) is 20.0 Å². The molecule has 8 nitrogen and oxygen atoms in total. The molecule has 8 heteroatoms. The number of nitrogens with one attached hydrogen (secondary N) is 1. The average Bonchev–Trinajstić information content (AvgIpc) is 2.56. The average molecular weight is 340 g/mol. The van der Waals surface area contributed by atoms with E-state index in [2.05, 4.69) is 10.2 Å². The molecule has 24 heavy (non-hydrogen) atoms. The van der Waals surface area contributed by atoms with Gasteiger partial charge in [0.15, 0.2) is 0 Å². The SMILES string of the molecule is CCOC(=O)N1CCC(NC(=O)CC(=O)N2CCN(C)CC2)CC1. The Kier molecular flexibility index (Phi) is 6.84. The van der Waals surface area contributed by atoms with Crippen molar-refractivity contribution in [3.8, 4) is 0 Å². The van der Waals surface area contributed by atoms with Crippen LogP contribution < -0.4 is 5.32 Å². The van der Waals surface area contributed by atoms with Crippen LogP contribution in [-0.4, -0.2) is 91.6 Å². The molecule has 2 saturated heterocycles. The minimum atomic E-state index is -0.299. The molecule has 136 valence electrons. The molecule has 2 fully saturated rings. The van der Waals surface area contributed by atoms with E-state index in [4.69, 9.17) is 4.74 Å². The van der Waals surface area contributed by atoms with Crippen LogP contribution in [0.25, 0.3) is 0 Å². The van der Waals surface area contributed by atoms with Gasteiger partial charge in [0, 0.05) is 45.3 Å². The zero-order valence-electron chi connectivity index (χ0n) is 14.6. The van der Waals surface area contributed by atoms with Crippen LogP contribution in [-0.2, 0) is 14.3 Å². The lowest BCUT2D eigenvalue weighted by Gasteiger charge is -2.33. The van der Waals surface area contributed by atoms with Crippen molar-refractivity contribution in [1.29, 1.82) is 0 Å². The normalized spacial score (nSPS) is 19.9. The number of hydrogen-bond acceptors (Lipinski definition) is 5. The molecule has 2 rings (SSSR count). The number of rotatable bonds is 4. The molecule has 1 N–H and O–H groups in total. The molecule has 2 heterocycles. The number of hydrogen-bond donors (Lipinski definition) is 1. The predicted octanol–water partition coefficient (Wildman–Crippen LogP) is -0.112. The second-order valence-corrected chi connectivity index (χ2v) is 6.39. The van der Waals surface area contributed by atoms with Gasteiger partial charge in [-0.15, -0.1) is 0 Å². The molecule has 0 saturated carbocycles. The molecule has 3 amide bonds. The summed E-state index contributed by atoms with van der Waals surface area (Å²) < 4.78 is 4.97. The van der Waals surface area contributed by atoms with Crippen molar-refractivity contribution < 1.29 is 19.1 Å². The fraction of sp³-hybridized carbons (Fsp3) is 0.812. The van der Waals surface area contributed by atoms with Crippen LogP contribution in [0.15, 0.2) is 0 Å². The van der Waals surface area contributed by atoms with E-state index in [1.165, 1.54) is 0 Å². The minimum absolute atomic E-state index is 0.0171. The second kappa shape index (κ2) is 8.86. The van der Waals surface area contributed by atoms with E-state index < -0.39 is 0 Å². The van der Waals surface area contributed by atoms with Crippen molar-refractivity contribution in [3.63, 3.8) is 0 Å². The molecule has 0 spiro atoms. The van der Waals surface area contributed by atoms with Gasteiger partial charge in [-0.25, -0.2) is 4.79 Å². The lowest BCUT2D eigenvalue weighted by atomic mass is 10.1. The number of likely N-dealkylation sites (N-methyl/N-ethyl adjacent to an activating group) is 1. The Bertz CT molecular complexity index is 455. The van der Waals surface area contributed by atoms with Crippen molar-refractivity contribution >= 4 is 17.9 Å². The van der Waals surface area contributed by atoms with E-state index >= 15 is 0 Å². The Labute approximate surface area is 143 Å². The maximum Gasteiger partial charge on any atom is 0.409 e. The van der Waals surface area contributed by atoms with Gasteiger partial charge in [-0.3, -0.25) is 9.59 Å². The fourth-order valence-electron chi connectivity index (χ4n) is 3.00. The first kappa shape index (κ1) is 18.5. The Hall–Kier alpha value is -1.83. The van der Waals surface area contributed by atoms with Gasteiger partial charge in [0.25, 0.3) is 0 Å². The van der Waals surface area contributed by atoms with Crippen molar-refractivity contribution in [2.24, 2.45) is 0 Å². The Morgan fingerprint density at radius 3 is 2.21 bits per heavy atom. The lowest BCUT2D eigenvalue weighted by Crippen LogP contribution is -2.50. The monoisotopic (exact) mass is 340 g/mol. The first-order valence-corrected chi connectivity index (χ1v) is 8.67. The standard InChI is InChI=1S/C16H28N4O4/c1-3-24-16(23)20-6-4-13(5-7-20)17-14(21)12-15(22)19-10-8-18(2)9-11-19/h13H,3-12H2,1-2H3,(H,17,21). The highest BCUT2D eigenvalue weighted by molar-refractivity contribution is 5.97. The summed E-state index contributed by atoms with van der Waals surface area (Å²) in [6.45, 7) is 6.33. The number of piperidine rings is 1. The van der Waals surface area contributed by atoms with Gasteiger partial charge in [0.2, 0.25) is 11.8 Å². The lowest BCUT2D eigenvalue weighted by molar-refractivity contribution is -0.137. The van der Waals surface area contributed by atoms with Crippen LogP contribution in [0.2, 0.25) is 0 Å². The van der Waals surface area contributed by atoms with Gasteiger partial charge >= 0.3 is 6.09 Å². The fourth-order valence-corrected chi connectivity index (χ4v) is 3.00. The smallest absolute Gasteiger partial charge is 0.409 e. The third-order valence-electron chi connectivity index (χ3n) is 4.55. The van der Waals surface area contributed by atoms with Crippen LogP contribution in [0.3, 0.4) is 0 Å². The maximum absolute atomic E-state index is 12.1. The summed E-state index contributed by atoms with van der Waals surface area (Å²) in [5.41, 5.74) is 0. The van der Waals surface area contributed by atoms with Gasteiger partial charge in [-0.05, 0) is 26.8 Å². The number of likely N-dealkylation sites (tertiary alicyclic amines) is 1. The van der Waals surface area contributed by atoms with Gasteiger partial charge in [-0.1, -0.05) is 0 Å². The molecule has 0 aromatic carbocycles. The first-order chi connectivity index (χ1) is 11.5. The summed E-state index contributed by atoms with van der Waals surface area (Å²) in [6, 6.07) is 0.0171. The van der Waals surface area contributed by atoms with Crippen molar-refractivity contribution in [3.05, 3.63) is 0 Å². The zero-order valence-corrected chi connectivity index (χ0v) is 14.6. The maximum atomic E-state index is 12.1. The third-order valence-corrected chi connectivity index (χ3v) is 4.55. The molecular formula is C16H28N4O4. The molecule has 0 radical (unpaired) electrons. The summed E-state index contributed by atoms with van der Waals surface area (Å²) in [7, 11) is 2.02. The van der Waals surface area contributed by atoms with E-state index in [9.17, 15) is 14.4 Å². The van der Waals surface area contributed by atoms with E-state index in [0.717, 1.165) is 13.1 Å². The first-order valence-electron chi connectivity index (χ1n) is 8.67. The number of carbonyl (C=O) groups excluding carboxylic acids is 3. The van der Waals surface area contributed by atoms with E-state index in [1.54, 1.807) is 16.7 Å². The number of ether oxygens (including phenoxy) is 1. The van der Waals surface area contributed by atoms with Gasteiger partial charge in [0.1, 0.15) is 6.42 Å². The molecule has 0 unspecified atom stereocenters. The van der Waals surface area contributed by atoms with Crippen LogP contribution in [0.4, 0.5) is 4.79 Å². The predicted molar refractivity (Wildman–Crippen MR) is 88.5 cm³/mol. The number of piperazine rings is 1. The Morgan fingerprint density at radius 2 is 1.62 bits per heavy atom. The highest BCUT2D eigenvalue weighted by Gasteiger charge is 2.26. The summed E-state index contributed by atoms with van der Waals surface area (Å²) in [4.78, 5) is 41.4. The van der Waals surface area contributed by atoms with E-state index in [-0.39, 0.29) is 30.4 Å². The summed E-state index contributed by atoms with van der Waals surface area (Å²) in [5.74, 6) is -0.335. The van der Waals surface area contributed by atoms with E-state index in [0.29, 0.717) is 45.6 Å². The van der Waals surface area contributed by atoms with E-state index in [1.807, 2.05) is 7.05 Å². The summed E-state index contributed by atoms with van der Waals surface area (Å²) in [6.07, 6.45) is 0.981. The van der Waals surface area contributed by atoms with Crippen LogP contribution in [0.1, 0.15) is 26.2 Å². The largest absolute Gasteiger partial charge is 0.450 e. The Balaban J connectivity index is 1.68. The number of carbonyl (C=O) groups is 3. The molecule has 0 aromatic rings. The van der Waals surface area contributed by atoms with Gasteiger partial charge in [-0.2, -0.15) is 0 Å². The number of nitrogens with zero attached hydrogens (tertiary/aromatic N) is 3. The molecule has 2 aliphatic heterocycles. The van der Waals surface area contributed by atoms with Crippen molar-refractivity contribution in [2.45, 2.75) is 32.2 Å². The highest BCUT2D eigenvalue weighted by atomic mass is 16.6. The summed E-state index contributed by atoms with van der Waals surface area (Å²) >= 11 is 0. The quantitative estimate of drug-likeness (QED) is 0.722. The van der Waals surface area contributed by atoms with Crippen LogP contribution in [0, 0.1) is 0 Å². The van der Waals surface area contributed by atoms with Crippen LogP contribution in [0.5, 0.6) is 0 Å². The molecule has 0 bridgehead atoms. The van der Waals surface area contributed by atoms with Gasteiger partial charge < -0.3 is 24.8 Å². The topological polar surface area (TPSA) is 82.2 Å². The highest BCUT2D eigenvalue weighted by Crippen LogP contribution is 2.12. The summed E-state index contributed by atoms with van der Waals surface area (Å²) in [5, 5.41) is 2.91. The third kappa shape index (κ3) is 5.36. The minimum Gasteiger partial charge on any atom is -0.450 e. The molecule has 0 atom stereocenters. The van der Waals surface area contributed by atoms with Crippen LogP contribution >= 0.6 is 0 Å². The Morgan fingerprint density at radius 1 is 1.00 bits per heavy atom. The van der Waals surface area contributed by atoms with Gasteiger partial charge in [0.05, 0.1) is 6.61 Å². The van der Waals surface area contributed by atoms with Crippen molar-refractivity contribution in [2.75, 3.05) is 52.9 Å². The molecule has 0 aliphatic carbocycles.